The fourth-order valence-corrected chi connectivity index (χ4v) is 2.69. The van der Waals surface area contributed by atoms with E-state index in [4.69, 9.17) is 0 Å². The molecule has 0 unspecified atom stereocenters. The summed E-state index contributed by atoms with van der Waals surface area (Å²) in [4.78, 5) is 15.1. The standard InChI is InChI=1S/C11H21N.C7H12O/c1-7-10(12-6)11(8(2)3)9(4)5;1-2-7(8)6-4-3-5-6/h8H,7H2,1-6H3;6H,2-5H2,1H3. The lowest BCUT2D eigenvalue weighted by Gasteiger charge is -2.22. The Bertz CT molecular complexity index is 356. The summed E-state index contributed by atoms with van der Waals surface area (Å²) in [6.07, 6.45) is 5.37. The molecule has 0 aromatic rings. The highest BCUT2D eigenvalue weighted by molar-refractivity contribution is 6.00. The molecular weight excluding hydrogens is 246 g/mol. The molecule has 20 heavy (non-hydrogen) atoms. The molecule has 0 aromatic carbocycles. The van der Waals surface area contributed by atoms with Crippen LogP contribution in [-0.4, -0.2) is 18.5 Å². The SMILES string of the molecule is CCC(=NC)C(=C(C)C)C(C)C.CCC(=O)C1CCC1. The topological polar surface area (TPSA) is 29.4 Å². The van der Waals surface area contributed by atoms with Crippen LogP contribution in [0.3, 0.4) is 0 Å². The van der Waals surface area contributed by atoms with Crippen LogP contribution in [0.5, 0.6) is 0 Å². The molecule has 0 spiro atoms. The van der Waals surface area contributed by atoms with Gasteiger partial charge in [0.25, 0.3) is 0 Å². The molecule has 2 nitrogen and oxygen atoms in total. The smallest absolute Gasteiger partial charge is 0.135 e. The zero-order valence-corrected chi connectivity index (χ0v) is 14.5. The number of aliphatic imine (C=N–C) groups is 1. The Morgan fingerprint density at radius 1 is 1.15 bits per heavy atom. The van der Waals surface area contributed by atoms with E-state index in [1.807, 2.05) is 14.0 Å². The van der Waals surface area contributed by atoms with E-state index in [2.05, 4.69) is 39.6 Å². The van der Waals surface area contributed by atoms with Crippen molar-refractivity contribution in [1.82, 2.24) is 0 Å². The zero-order valence-electron chi connectivity index (χ0n) is 14.5. The minimum atomic E-state index is 0.458. The number of carbonyl (C=O) groups excluding carboxylic acids is 1. The lowest BCUT2D eigenvalue weighted by Crippen LogP contribution is -2.20. The molecule has 0 bridgehead atoms. The Labute approximate surface area is 125 Å². The largest absolute Gasteiger partial charge is 0.299 e. The van der Waals surface area contributed by atoms with E-state index in [1.165, 1.54) is 23.3 Å². The molecule has 0 heterocycles. The van der Waals surface area contributed by atoms with Gasteiger partial charge in [-0.25, -0.2) is 0 Å². The van der Waals surface area contributed by atoms with Gasteiger partial charge in [-0.2, -0.15) is 0 Å². The summed E-state index contributed by atoms with van der Waals surface area (Å²) in [6.45, 7) is 12.9. The molecule has 1 saturated carbocycles. The van der Waals surface area contributed by atoms with Gasteiger partial charge >= 0.3 is 0 Å². The van der Waals surface area contributed by atoms with Crippen molar-refractivity contribution in [2.45, 2.75) is 73.6 Å². The highest BCUT2D eigenvalue weighted by Crippen LogP contribution is 2.27. The van der Waals surface area contributed by atoms with Gasteiger partial charge in [0.05, 0.1) is 0 Å². The summed E-state index contributed by atoms with van der Waals surface area (Å²) >= 11 is 0. The van der Waals surface area contributed by atoms with Gasteiger partial charge in [0.2, 0.25) is 0 Å². The van der Waals surface area contributed by atoms with Gasteiger partial charge in [-0.1, -0.05) is 39.7 Å². The lowest BCUT2D eigenvalue weighted by molar-refractivity contribution is -0.124. The third-order valence-corrected chi connectivity index (χ3v) is 3.94. The van der Waals surface area contributed by atoms with Gasteiger partial charge in [0.15, 0.2) is 0 Å². The maximum absolute atomic E-state index is 10.8. The normalized spacial score (nSPS) is 15.3. The third-order valence-electron chi connectivity index (χ3n) is 3.94. The quantitative estimate of drug-likeness (QED) is 0.634. The van der Waals surface area contributed by atoms with E-state index in [0.717, 1.165) is 25.7 Å². The van der Waals surface area contributed by atoms with Crippen LogP contribution >= 0.6 is 0 Å². The van der Waals surface area contributed by atoms with Crippen molar-refractivity contribution in [3.63, 3.8) is 0 Å². The fourth-order valence-electron chi connectivity index (χ4n) is 2.69. The molecule has 1 aliphatic rings. The first-order chi connectivity index (χ1) is 9.38. The molecule has 1 fully saturated rings. The van der Waals surface area contributed by atoms with Crippen LogP contribution < -0.4 is 0 Å². The number of ketones is 1. The van der Waals surface area contributed by atoms with Crippen LogP contribution in [0, 0.1) is 11.8 Å². The summed E-state index contributed by atoms with van der Waals surface area (Å²) in [5.41, 5.74) is 4.08. The molecular formula is C18H33NO. The van der Waals surface area contributed by atoms with Crippen molar-refractivity contribution in [2.24, 2.45) is 16.8 Å². The summed E-state index contributed by atoms with van der Waals surface area (Å²) < 4.78 is 0. The Hall–Kier alpha value is -0.920. The van der Waals surface area contributed by atoms with Crippen LogP contribution in [0.1, 0.15) is 73.6 Å². The summed E-state index contributed by atoms with van der Waals surface area (Å²) in [5.74, 6) is 1.52. The average molecular weight is 279 g/mol. The van der Waals surface area contributed by atoms with E-state index in [9.17, 15) is 4.79 Å². The van der Waals surface area contributed by atoms with Gasteiger partial charge in [-0.3, -0.25) is 9.79 Å². The first-order valence-corrected chi connectivity index (χ1v) is 8.04. The van der Waals surface area contributed by atoms with E-state index in [-0.39, 0.29) is 0 Å². The van der Waals surface area contributed by atoms with Crippen molar-refractivity contribution in [3.05, 3.63) is 11.1 Å². The van der Waals surface area contributed by atoms with Gasteiger partial charge in [0.1, 0.15) is 5.78 Å². The molecule has 0 atom stereocenters. The lowest BCUT2D eigenvalue weighted by atomic mass is 9.81. The second-order valence-corrected chi connectivity index (χ2v) is 6.04. The predicted molar refractivity (Wildman–Crippen MR) is 89.5 cm³/mol. The minimum absolute atomic E-state index is 0.458. The zero-order chi connectivity index (χ0) is 15.7. The van der Waals surface area contributed by atoms with Crippen LogP contribution in [0.15, 0.2) is 16.1 Å². The van der Waals surface area contributed by atoms with E-state index >= 15 is 0 Å². The monoisotopic (exact) mass is 279 g/mol. The first kappa shape index (κ1) is 19.1. The molecule has 0 aliphatic heterocycles. The van der Waals surface area contributed by atoms with Crippen molar-refractivity contribution >= 4 is 11.5 Å². The molecule has 1 aliphatic carbocycles. The van der Waals surface area contributed by atoms with Gasteiger partial charge in [-0.05, 0) is 44.6 Å². The summed E-state index contributed by atoms with van der Waals surface area (Å²) in [7, 11) is 1.88. The van der Waals surface area contributed by atoms with E-state index in [1.54, 1.807) is 0 Å². The molecule has 0 radical (unpaired) electrons. The maximum Gasteiger partial charge on any atom is 0.135 e. The average Bonchev–Trinajstić information content (AvgIpc) is 2.33. The number of carbonyl (C=O) groups is 1. The number of hydrogen-bond acceptors (Lipinski definition) is 2. The Kier molecular flexibility index (Phi) is 9.45. The molecule has 1 rings (SSSR count). The molecule has 0 N–H and O–H groups in total. The van der Waals surface area contributed by atoms with Gasteiger partial charge in [-0.15, -0.1) is 0 Å². The number of Topliss-reactive ketones (excluding diaryl/α,β-unsaturated/α-hetero) is 1. The third kappa shape index (κ3) is 6.02. The van der Waals surface area contributed by atoms with Gasteiger partial charge in [0, 0.05) is 25.1 Å². The second-order valence-electron chi connectivity index (χ2n) is 6.04. The first-order valence-electron chi connectivity index (χ1n) is 8.04. The highest BCUT2D eigenvalue weighted by Gasteiger charge is 2.22. The minimum Gasteiger partial charge on any atom is -0.299 e. The van der Waals surface area contributed by atoms with E-state index in [0.29, 0.717) is 17.6 Å². The molecule has 0 saturated heterocycles. The second kappa shape index (κ2) is 9.90. The summed E-state index contributed by atoms with van der Waals surface area (Å²) in [6, 6.07) is 0. The van der Waals surface area contributed by atoms with Crippen LogP contribution in [0.25, 0.3) is 0 Å². The molecule has 0 amide bonds. The summed E-state index contributed by atoms with van der Waals surface area (Å²) in [5, 5.41) is 0. The van der Waals surface area contributed by atoms with Crippen LogP contribution in [0.2, 0.25) is 0 Å². The molecule has 0 aromatic heterocycles. The number of rotatable bonds is 5. The van der Waals surface area contributed by atoms with Gasteiger partial charge < -0.3 is 0 Å². The predicted octanol–water partition coefficient (Wildman–Crippen LogP) is 5.23. The Morgan fingerprint density at radius 3 is 1.80 bits per heavy atom. The number of nitrogens with zero attached hydrogens (tertiary/aromatic N) is 1. The maximum atomic E-state index is 10.8. The molecule has 2 heteroatoms. The van der Waals surface area contributed by atoms with Crippen LogP contribution in [0.4, 0.5) is 0 Å². The van der Waals surface area contributed by atoms with Crippen molar-refractivity contribution < 1.29 is 4.79 Å². The Balaban J connectivity index is 0.000000388. The van der Waals surface area contributed by atoms with Crippen molar-refractivity contribution in [3.8, 4) is 0 Å². The fraction of sp³-hybridized carbons (Fsp3) is 0.778. The number of allylic oxidation sites excluding steroid dienone is 2. The van der Waals surface area contributed by atoms with E-state index < -0.39 is 0 Å². The highest BCUT2D eigenvalue weighted by atomic mass is 16.1. The molecule has 116 valence electrons. The van der Waals surface area contributed by atoms with Crippen LogP contribution in [-0.2, 0) is 4.79 Å². The number of hydrogen-bond donors (Lipinski definition) is 0. The Morgan fingerprint density at radius 2 is 1.70 bits per heavy atom. The van der Waals surface area contributed by atoms with Crippen molar-refractivity contribution in [1.29, 1.82) is 0 Å². The van der Waals surface area contributed by atoms with Crippen molar-refractivity contribution in [2.75, 3.05) is 7.05 Å².